The van der Waals surface area contributed by atoms with E-state index >= 15 is 0 Å². The first-order chi connectivity index (χ1) is 9.16. The first-order valence-corrected chi connectivity index (χ1v) is 6.52. The number of rotatable bonds is 4. The number of hydrogen-bond acceptors (Lipinski definition) is 3. The lowest BCUT2D eigenvalue weighted by atomic mass is 10.1. The van der Waals surface area contributed by atoms with Gasteiger partial charge in [0.25, 0.3) is 0 Å². The predicted molar refractivity (Wildman–Crippen MR) is 72.4 cm³/mol. The second-order valence-corrected chi connectivity index (χ2v) is 4.70. The minimum absolute atomic E-state index is 0.0552. The van der Waals surface area contributed by atoms with Crippen molar-refractivity contribution in [1.82, 2.24) is 16.0 Å². The third-order valence-corrected chi connectivity index (χ3v) is 3.20. The lowest BCUT2D eigenvalue weighted by Crippen LogP contribution is -2.54. The molecule has 2 unspecified atom stereocenters. The van der Waals surface area contributed by atoms with Gasteiger partial charge in [0.2, 0.25) is 11.8 Å². The summed E-state index contributed by atoms with van der Waals surface area (Å²) in [5, 5.41) is 8.69. The lowest BCUT2D eigenvalue weighted by molar-refractivity contribution is -0.129. The topological polar surface area (TPSA) is 70.2 Å². The van der Waals surface area contributed by atoms with Gasteiger partial charge in [0.15, 0.2) is 0 Å². The van der Waals surface area contributed by atoms with Gasteiger partial charge in [0.05, 0.1) is 18.5 Å². The quantitative estimate of drug-likeness (QED) is 0.732. The third kappa shape index (κ3) is 3.79. The molecule has 1 aromatic rings. The van der Waals surface area contributed by atoms with Crippen LogP contribution in [0.25, 0.3) is 0 Å². The van der Waals surface area contributed by atoms with E-state index < -0.39 is 6.04 Å². The molecule has 0 aromatic heterocycles. The van der Waals surface area contributed by atoms with Gasteiger partial charge in [-0.2, -0.15) is 0 Å². The molecular weight excluding hydrogens is 242 g/mol. The maximum Gasteiger partial charge on any atom is 0.237 e. The molecule has 0 aliphatic carbocycles. The van der Waals surface area contributed by atoms with Crippen LogP contribution in [0.4, 0.5) is 0 Å². The van der Waals surface area contributed by atoms with Gasteiger partial charge in [-0.3, -0.25) is 9.59 Å². The van der Waals surface area contributed by atoms with Crippen molar-refractivity contribution in [3.05, 3.63) is 35.9 Å². The normalized spacial score (nSPS) is 20.5. The van der Waals surface area contributed by atoms with Crippen LogP contribution in [0.2, 0.25) is 0 Å². The molecule has 1 fully saturated rings. The first kappa shape index (κ1) is 13.5. The van der Waals surface area contributed by atoms with Crippen LogP contribution in [-0.4, -0.2) is 30.9 Å². The van der Waals surface area contributed by atoms with E-state index in [4.69, 9.17) is 0 Å². The van der Waals surface area contributed by atoms with E-state index in [-0.39, 0.29) is 24.3 Å². The molecule has 0 radical (unpaired) electrons. The molecule has 1 heterocycles. The van der Waals surface area contributed by atoms with Gasteiger partial charge in [-0.25, -0.2) is 0 Å². The van der Waals surface area contributed by atoms with E-state index in [2.05, 4.69) is 16.0 Å². The Labute approximate surface area is 112 Å². The molecule has 1 saturated heterocycles. The molecule has 1 aromatic carbocycles. The lowest BCUT2D eigenvalue weighted by Gasteiger charge is -2.23. The molecule has 5 heteroatoms. The van der Waals surface area contributed by atoms with Crippen LogP contribution < -0.4 is 16.0 Å². The zero-order valence-corrected chi connectivity index (χ0v) is 11.0. The highest BCUT2D eigenvalue weighted by Crippen LogP contribution is 2.11. The van der Waals surface area contributed by atoms with Crippen molar-refractivity contribution >= 4 is 11.8 Å². The van der Waals surface area contributed by atoms with Crippen LogP contribution in [0.3, 0.4) is 0 Å². The molecule has 2 rings (SSSR count). The van der Waals surface area contributed by atoms with Gasteiger partial charge in [0.1, 0.15) is 0 Å². The van der Waals surface area contributed by atoms with Gasteiger partial charge in [-0.15, -0.1) is 0 Å². The summed E-state index contributed by atoms with van der Waals surface area (Å²) in [6, 6.07) is 9.28. The fourth-order valence-corrected chi connectivity index (χ4v) is 2.12. The van der Waals surface area contributed by atoms with Crippen LogP contribution in [0.15, 0.2) is 30.3 Å². The van der Waals surface area contributed by atoms with Crippen molar-refractivity contribution in [3.8, 4) is 0 Å². The minimum Gasteiger partial charge on any atom is -0.353 e. The molecule has 0 saturated carbocycles. The molecule has 3 N–H and O–H groups in total. The van der Waals surface area contributed by atoms with Gasteiger partial charge >= 0.3 is 0 Å². The molecule has 0 bridgehead atoms. The Morgan fingerprint density at radius 3 is 2.79 bits per heavy atom. The predicted octanol–water partition coefficient (Wildman–Crippen LogP) is 0.342. The molecule has 5 nitrogen and oxygen atoms in total. The van der Waals surface area contributed by atoms with Crippen LogP contribution in [0.5, 0.6) is 0 Å². The maximum absolute atomic E-state index is 11.9. The second kappa shape index (κ2) is 6.33. The largest absolute Gasteiger partial charge is 0.353 e. The molecule has 2 amide bonds. The number of benzene rings is 1. The maximum atomic E-state index is 11.9. The number of piperazine rings is 1. The Balaban J connectivity index is 1.85. The van der Waals surface area contributed by atoms with Crippen LogP contribution >= 0.6 is 0 Å². The molecule has 102 valence electrons. The van der Waals surface area contributed by atoms with E-state index in [1.165, 1.54) is 0 Å². The highest BCUT2D eigenvalue weighted by atomic mass is 16.2. The summed E-state index contributed by atoms with van der Waals surface area (Å²) in [6.45, 7) is 3.26. The van der Waals surface area contributed by atoms with E-state index in [0.29, 0.717) is 13.1 Å². The molecule has 19 heavy (non-hydrogen) atoms. The van der Waals surface area contributed by atoms with Crippen molar-refractivity contribution in [2.45, 2.75) is 25.4 Å². The summed E-state index contributed by atoms with van der Waals surface area (Å²) in [4.78, 5) is 23.4. The number of hydrogen-bond donors (Lipinski definition) is 3. The van der Waals surface area contributed by atoms with E-state index in [9.17, 15) is 9.59 Å². The highest BCUT2D eigenvalue weighted by molar-refractivity contribution is 5.88. The van der Waals surface area contributed by atoms with Crippen molar-refractivity contribution in [2.24, 2.45) is 0 Å². The molecule has 0 spiro atoms. The van der Waals surface area contributed by atoms with Gasteiger partial charge < -0.3 is 16.0 Å². The van der Waals surface area contributed by atoms with Gasteiger partial charge in [0, 0.05) is 13.1 Å². The monoisotopic (exact) mass is 261 g/mol. The Hall–Kier alpha value is -1.88. The summed E-state index contributed by atoms with van der Waals surface area (Å²) in [5.41, 5.74) is 1.05. The van der Waals surface area contributed by atoms with Crippen molar-refractivity contribution in [1.29, 1.82) is 0 Å². The van der Waals surface area contributed by atoms with Crippen LogP contribution in [0, 0.1) is 0 Å². The smallest absolute Gasteiger partial charge is 0.237 e. The average Bonchev–Trinajstić information content (AvgIpc) is 2.42. The van der Waals surface area contributed by atoms with E-state index in [1.807, 2.05) is 37.3 Å². The Bertz CT molecular complexity index is 447. The third-order valence-electron chi connectivity index (χ3n) is 3.20. The molecule has 1 aliphatic rings. The fraction of sp³-hybridized carbons (Fsp3) is 0.429. The minimum atomic E-state index is -0.420. The summed E-state index contributed by atoms with van der Waals surface area (Å²) in [5.74, 6) is -0.223. The summed E-state index contributed by atoms with van der Waals surface area (Å²) < 4.78 is 0. The SMILES string of the molecule is CC(NC(=O)CC1NCCNC1=O)c1ccccc1. The zero-order chi connectivity index (χ0) is 13.7. The summed E-state index contributed by atoms with van der Waals surface area (Å²) in [6.07, 6.45) is 0.170. The van der Waals surface area contributed by atoms with E-state index in [1.54, 1.807) is 0 Å². The Morgan fingerprint density at radius 2 is 2.11 bits per heavy atom. The average molecular weight is 261 g/mol. The van der Waals surface area contributed by atoms with Crippen molar-refractivity contribution in [3.63, 3.8) is 0 Å². The number of carbonyl (C=O) groups is 2. The summed E-state index contributed by atoms with van der Waals surface area (Å²) in [7, 11) is 0. The van der Waals surface area contributed by atoms with E-state index in [0.717, 1.165) is 5.56 Å². The standard InChI is InChI=1S/C14H19N3O2/c1-10(11-5-3-2-4-6-11)17-13(18)9-12-14(19)16-8-7-15-12/h2-6,10,12,15H,7-9H2,1H3,(H,16,19)(H,17,18). The highest BCUT2D eigenvalue weighted by Gasteiger charge is 2.24. The van der Waals surface area contributed by atoms with Crippen molar-refractivity contribution < 1.29 is 9.59 Å². The molecular formula is C14H19N3O2. The second-order valence-electron chi connectivity index (χ2n) is 4.70. The first-order valence-electron chi connectivity index (χ1n) is 6.52. The van der Waals surface area contributed by atoms with Crippen LogP contribution in [-0.2, 0) is 9.59 Å². The van der Waals surface area contributed by atoms with Gasteiger partial charge in [-0.05, 0) is 12.5 Å². The zero-order valence-electron chi connectivity index (χ0n) is 11.0. The Morgan fingerprint density at radius 1 is 1.37 bits per heavy atom. The van der Waals surface area contributed by atoms with Gasteiger partial charge in [-0.1, -0.05) is 30.3 Å². The Kier molecular flexibility index (Phi) is 4.52. The molecule has 2 atom stereocenters. The fourth-order valence-electron chi connectivity index (χ4n) is 2.12. The number of amides is 2. The van der Waals surface area contributed by atoms with Crippen LogP contribution in [0.1, 0.15) is 24.9 Å². The number of carbonyl (C=O) groups excluding carboxylic acids is 2. The number of nitrogens with one attached hydrogen (secondary N) is 3. The van der Waals surface area contributed by atoms with Crippen molar-refractivity contribution in [2.75, 3.05) is 13.1 Å². The molecule has 1 aliphatic heterocycles. The summed E-state index contributed by atoms with van der Waals surface area (Å²) >= 11 is 0.